The average molecular weight is 351 g/mol. The smallest absolute Gasteiger partial charge is 0.257 e. The summed E-state index contributed by atoms with van der Waals surface area (Å²) in [6, 6.07) is 13.9. The molecule has 2 aromatic carbocycles. The highest BCUT2D eigenvalue weighted by Crippen LogP contribution is 2.31. The molecule has 0 bridgehead atoms. The van der Waals surface area contributed by atoms with Gasteiger partial charge in [-0.3, -0.25) is 4.79 Å². The monoisotopic (exact) mass is 351 g/mol. The fraction of sp³-hybridized carbons (Fsp3) is 0.250. The highest BCUT2D eigenvalue weighted by Gasteiger charge is 2.34. The molecule has 4 rings (SSSR count). The van der Waals surface area contributed by atoms with Crippen LogP contribution in [0.1, 0.15) is 30.7 Å². The van der Waals surface area contributed by atoms with Gasteiger partial charge in [0.15, 0.2) is 5.82 Å². The quantitative estimate of drug-likeness (QED) is 0.714. The molecule has 0 saturated carbocycles. The standard InChI is InChI=1S/C20H18FN3O2/c1-2-13-3-5-14(6-4-13)20-22-19(23-26-20)15-11-18(25)24(12-15)17-9-7-16(21)8-10-17/h3-10,15H,2,11-12H2,1H3/t15-/m0/s1. The van der Waals surface area contributed by atoms with E-state index in [1.807, 2.05) is 24.3 Å². The van der Waals surface area contributed by atoms with Crippen LogP contribution in [0.4, 0.5) is 10.1 Å². The van der Waals surface area contributed by atoms with Crippen LogP contribution >= 0.6 is 0 Å². The SMILES string of the molecule is CCc1ccc(-c2nc([C@H]3CC(=O)N(c4ccc(F)cc4)C3)no2)cc1. The largest absolute Gasteiger partial charge is 0.334 e. The summed E-state index contributed by atoms with van der Waals surface area (Å²) in [5.41, 5.74) is 2.78. The third-order valence-corrected chi connectivity index (χ3v) is 4.68. The van der Waals surface area contributed by atoms with Crippen molar-refractivity contribution in [3.05, 3.63) is 65.7 Å². The second-order valence-corrected chi connectivity index (χ2v) is 6.39. The number of carbonyl (C=O) groups is 1. The van der Waals surface area contributed by atoms with Crippen LogP contribution in [-0.4, -0.2) is 22.6 Å². The van der Waals surface area contributed by atoms with Crippen LogP contribution < -0.4 is 4.90 Å². The second-order valence-electron chi connectivity index (χ2n) is 6.39. The molecule has 3 aromatic rings. The van der Waals surface area contributed by atoms with Crippen molar-refractivity contribution in [2.24, 2.45) is 0 Å². The number of hydrogen-bond donors (Lipinski definition) is 0. The van der Waals surface area contributed by atoms with Crippen molar-refractivity contribution >= 4 is 11.6 Å². The summed E-state index contributed by atoms with van der Waals surface area (Å²) in [6.45, 7) is 2.56. The Labute approximate surface area is 150 Å². The van der Waals surface area contributed by atoms with Crippen molar-refractivity contribution in [2.45, 2.75) is 25.7 Å². The maximum atomic E-state index is 13.1. The van der Waals surface area contributed by atoms with Crippen molar-refractivity contribution in [1.29, 1.82) is 0 Å². The molecular weight excluding hydrogens is 333 g/mol. The molecule has 0 unspecified atom stereocenters. The van der Waals surface area contributed by atoms with Crippen LogP contribution in [0.3, 0.4) is 0 Å². The molecule has 1 atom stereocenters. The second kappa shape index (κ2) is 6.71. The molecule has 0 spiro atoms. The van der Waals surface area contributed by atoms with Gasteiger partial charge >= 0.3 is 0 Å². The van der Waals surface area contributed by atoms with Crippen LogP contribution in [0.2, 0.25) is 0 Å². The number of carbonyl (C=O) groups excluding carboxylic acids is 1. The van der Waals surface area contributed by atoms with E-state index in [1.165, 1.54) is 17.7 Å². The van der Waals surface area contributed by atoms with Crippen molar-refractivity contribution < 1.29 is 13.7 Å². The Hall–Kier alpha value is -3.02. The Morgan fingerprint density at radius 3 is 2.58 bits per heavy atom. The molecule has 1 aromatic heterocycles. The molecule has 6 heteroatoms. The van der Waals surface area contributed by atoms with Gasteiger partial charge < -0.3 is 9.42 Å². The fourth-order valence-electron chi connectivity index (χ4n) is 3.15. The molecule has 0 radical (unpaired) electrons. The van der Waals surface area contributed by atoms with Crippen LogP contribution in [0, 0.1) is 5.82 Å². The minimum atomic E-state index is -0.325. The lowest BCUT2D eigenvalue weighted by molar-refractivity contribution is -0.117. The predicted octanol–water partition coefficient (Wildman–Crippen LogP) is 3.96. The first kappa shape index (κ1) is 16.4. The van der Waals surface area contributed by atoms with E-state index in [4.69, 9.17) is 4.52 Å². The summed E-state index contributed by atoms with van der Waals surface area (Å²) in [5, 5.41) is 4.07. The van der Waals surface area contributed by atoms with Gasteiger partial charge in [0, 0.05) is 30.1 Å². The Balaban J connectivity index is 1.52. The lowest BCUT2D eigenvalue weighted by Gasteiger charge is -2.15. The first-order valence-corrected chi connectivity index (χ1v) is 8.63. The fourth-order valence-corrected chi connectivity index (χ4v) is 3.15. The van der Waals surface area contributed by atoms with Gasteiger partial charge in [0.1, 0.15) is 5.82 Å². The summed E-state index contributed by atoms with van der Waals surface area (Å²) in [4.78, 5) is 18.4. The Kier molecular flexibility index (Phi) is 4.24. The molecule has 2 heterocycles. The van der Waals surface area contributed by atoms with Gasteiger partial charge in [0.2, 0.25) is 5.91 Å². The zero-order valence-electron chi connectivity index (χ0n) is 14.4. The van der Waals surface area contributed by atoms with Gasteiger partial charge in [-0.2, -0.15) is 4.98 Å². The highest BCUT2D eigenvalue weighted by atomic mass is 19.1. The van der Waals surface area contributed by atoms with Crippen molar-refractivity contribution in [3.8, 4) is 11.5 Å². The van der Waals surface area contributed by atoms with Gasteiger partial charge in [-0.25, -0.2) is 4.39 Å². The van der Waals surface area contributed by atoms with E-state index in [0.717, 1.165) is 12.0 Å². The maximum Gasteiger partial charge on any atom is 0.257 e. The third-order valence-electron chi connectivity index (χ3n) is 4.68. The number of aromatic nitrogens is 2. The number of hydrogen-bond acceptors (Lipinski definition) is 4. The van der Waals surface area contributed by atoms with Gasteiger partial charge in [0.25, 0.3) is 5.89 Å². The molecule has 132 valence electrons. The average Bonchev–Trinajstić information content (AvgIpc) is 3.29. The minimum absolute atomic E-state index is 0.0275. The molecule has 1 aliphatic heterocycles. The normalized spacial score (nSPS) is 17.1. The van der Waals surface area contributed by atoms with Gasteiger partial charge in [-0.15, -0.1) is 0 Å². The Bertz CT molecular complexity index is 919. The van der Waals surface area contributed by atoms with Crippen LogP contribution in [0.5, 0.6) is 0 Å². The summed E-state index contributed by atoms with van der Waals surface area (Å²) in [6.07, 6.45) is 1.28. The topological polar surface area (TPSA) is 59.2 Å². The highest BCUT2D eigenvalue weighted by molar-refractivity contribution is 5.96. The molecule has 1 fully saturated rings. The summed E-state index contributed by atoms with van der Waals surface area (Å²) in [7, 11) is 0. The zero-order chi connectivity index (χ0) is 18.1. The third kappa shape index (κ3) is 3.10. The molecule has 26 heavy (non-hydrogen) atoms. The Morgan fingerprint density at radius 1 is 1.15 bits per heavy atom. The van der Waals surface area contributed by atoms with E-state index in [0.29, 0.717) is 30.4 Å². The summed E-state index contributed by atoms with van der Waals surface area (Å²) in [5.74, 6) is 0.488. The van der Waals surface area contributed by atoms with Gasteiger partial charge in [-0.1, -0.05) is 24.2 Å². The van der Waals surface area contributed by atoms with E-state index in [2.05, 4.69) is 17.1 Å². The van der Waals surface area contributed by atoms with Crippen molar-refractivity contribution in [2.75, 3.05) is 11.4 Å². The number of anilines is 1. The lowest BCUT2D eigenvalue weighted by Crippen LogP contribution is -2.24. The van der Waals surface area contributed by atoms with Crippen LogP contribution in [0.15, 0.2) is 53.1 Å². The Morgan fingerprint density at radius 2 is 1.88 bits per heavy atom. The lowest BCUT2D eigenvalue weighted by atomic mass is 10.1. The molecule has 1 amide bonds. The molecule has 1 saturated heterocycles. The number of aryl methyl sites for hydroxylation is 1. The number of halogens is 1. The summed E-state index contributed by atoms with van der Waals surface area (Å²) < 4.78 is 18.5. The van der Waals surface area contributed by atoms with Crippen molar-refractivity contribution in [1.82, 2.24) is 10.1 Å². The predicted molar refractivity (Wildman–Crippen MR) is 95.2 cm³/mol. The van der Waals surface area contributed by atoms with E-state index in [9.17, 15) is 9.18 Å². The van der Waals surface area contributed by atoms with E-state index < -0.39 is 0 Å². The first-order chi connectivity index (χ1) is 12.6. The number of benzene rings is 2. The molecule has 0 N–H and O–H groups in total. The minimum Gasteiger partial charge on any atom is -0.334 e. The van der Waals surface area contributed by atoms with Gasteiger partial charge in [0.05, 0.1) is 0 Å². The van der Waals surface area contributed by atoms with Crippen LogP contribution in [-0.2, 0) is 11.2 Å². The molecule has 0 aliphatic carbocycles. The van der Waals surface area contributed by atoms with Crippen LogP contribution in [0.25, 0.3) is 11.5 Å². The molecule has 5 nitrogen and oxygen atoms in total. The number of rotatable bonds is 4. The molecule has 1 aliphatic rings. The first-order valence-electron chi connectivity index (χ1n) is 8.63. The molecular formula is C20H18FN3O2. The maximum absolute atomic E-state index is 13.1. The summed E-state index contributed by atoms with van der Waals surface area (Å²) >= 11 is 0. The van der Waals surface area contributed by atoms with E-state index in [-0.39, 0.29) is 17.6 Å². The zero-order valence-corrected chi connectivity index (χ0v) is 14.4. The number of nitrogens with zero attached hydrogens (tertiary/aromatic N) is 3. The van der Waals surface area contributed by atoms with Crippen molar-refractivity contribution in [3.63, 3.8) is 0 Å². The number of amides is 1. The van der Waals surface area contributed by atoms with Gasteiger partial charge in [-0.05, 0) is 48.4 Å². The van der Waals surface area contributed by atoms with E-state index >= 15 is 0 Å². The van der Waals surface area contributed by atoms with E-state index in [1.54, 1.807) is 17.0 Å².